The molecule has 0 radical (unpaired) electrons. The fourth-order valence-corrected chi connectivity index (χ4v) is 4.03. The van der Waals surface area contributed by atoms with Crippen molar-refractivity contribution in [3.63, 3.8) is 0 Å². The maximum absolute atomic E-state index is 13.3. The van der Waals surface area contributed by atoms with Crippen molar-refractivity contribution < 1.29 is 19.1 Å². The third kappa shape index (κ3) is 5.04. The quantitative estimate of drug-likeness (QED) is 0.624. The molecule has 0 saturated heterocycles. The minimum atomic E-state index is -0.632. The van der Waals surface area contributed by atoms with Gasteiger partial charge >= 0.3 is 6.03 Å². The number of urea groups is 1. The number of ether oxygens (including phenoxy) is 1. The van der Waals surface area contributed by atoms with Crippen LogP contribution in [0.3, 0.4) is 0 Å². The second-order valence-electron chi connectivity index (χ2n) is 8.60. The number of likely N-dealkylation sites (N-methyl/N-ethyl adjacent to an activating group) is 2. The maximum Gasteiger partial charge on any atom is 0.322 e. The summed E-state index contributed by atoms with van der Waals surface area (Å²) in [5, 5.41) is 5.75. The van der Waals surface area contributed by atoms with Gasteiger partial charge in [-0.2, -0.15) is 0 Å². The van der Waals surface area contributed by atoms with E-state index in [2.05, 4.69) is 10.6 Å². The smallest absolute Gasteiger partial charge is 0.322 e. The Labute approximate surface area is 199 Å². The predicted octanol–water partition coefficient (Wildman–Crippen LogP) is 1.95. The summed E-state index contributed by atoms with van der Waals surface area (Å²) in [6.07, 6.45) is 0. The number of benzene rings is 2. The van der Waals surface area contributed by atoms with Gasteiger partial charge in [-0.1, -0.05) is 30.3 Å². The molecule has 0 aliphatic carbocycles. The van der Waals surface area contributed by atoms with Crippen molar-refractivity contribution in [2.24, 2.45) is 0 Å². The van der Waals surface area contributed by atoms with E-state index >= 15 is 0 Å². The molecule has 2 N–H and O–H groups in total. The Kier molecular flexibility index (Phi) is 6.83. The average molecular weight is 464 g/mol. The molecule has 2 aliphatic rings. The summed E-state index contributed by atoms with van der Waals surface area (Å²) in [7, 11) is 5.48. The largest absolute Gasteiger partial charge is 0.457 e. The van der Waals surface area contributed by atoms with Gasteiger partial charge in [0.1, 0.15) is 18.0 Å². The second kappa shape index (κ2) is 9.96. The normalized spacial score (nSPS) is 17.7. The second-order valence-corrected chi connectivity index (χ2v) is 8.60. The van der Waals surface area contributed by atoms with Crippen molar-refractivity contribution in [2.45, 2.75) is 6.04 Å². The van der Waals surface area contributed by atoms with E-state index in [0.29, 0.717) is 35.9 Å². The summed E-state index contributed by atoms with van der Waals surface area (Å²) in [6.45, 7) is 1.35. The number of para-hydroxylation sites is 1. The van der Waals surface area contributed by atoms with Crippen LogP contribution in [0, 0.1) is 0 Å². The molecule has 2 aromatic rings. The number of nitrogens with zero attached hydrogens (tertiary/aromatic N) is 3. The van der Waals surface area contributed by atoms with E-state index in [1.165, 1.54) is 9.80 Å². The molecule has 9 heteroatoms. The van der Waals surface area contributed by atoms with Gasteiger partial charge in [0.15, 0.2) is 0 Å². The third-order valence-electron chi connectivity index (χ3n) is 5.82. The zero-order valence-electron chi connectivity index (χ0n) is 19.6. The minimum Gasteiger partial charge on any atom is -0.457 e. The van der Waals surface area contributed by atoms with Gasteiger partial charge in [-0.3, -0.25) is 14.5 Å². The Balaban J connectivity index is 1.53. The fourth-order valence-electron chi connectivity index (χ4n) is 4.03. The highest BCUT2D eigenvalue weighted by Crippen LogP contribution is 2.36. The first-order valence-electron chi connectivity index (χ1n) is 11.1. The molecule has 2 aliphatic heterocycles. The lowest BCUT2D eigenvalue weighted by molar-refractivity contribution is -0.131. The van der Waals surface area contributed by atoms with Crippen LogP contribution in [0.2, 0.25) is 0 Å². The van der Waals surface area contributed by atoms with Gasteiger partial charge in [0.2, 0.25) is 5.91 Å². The average Bonchev–Trinajstić information content (AvgIpc) is 3.13. The molecular formula is C25H29N5O4. The van der Waals surface area contributed by atoms with Crippen molar-refractivity contribution >= 4 is 17.8 Å². The first-order chi connectivity index (χ1) is 16.3. The number of nitrogens with one attached hydrogen (secondary N) is 2. The van der Waals surface area contributed by atoms with Crippen LogP contribution in [-0.2, 0) is 9.59 Å². The molecule has 2 aromatic carbocycles. The van der Waals surface area contributed by atoms with E-state index in [-0.39, 0.29) is 30.9 Å². The fraction of sp³-hybridized carbons (Fsp3) is 0.320. The predicted molar refractivity (Wildman–Crippen MR) is 127 cm³/mol. The Morgan fingerprint density at radius 3 is 2.59 bits per heavy atom. The first kappa shape index (κ1) is 23.3. The Bertz CT molecular complexity index is 1120. The highest BCUT2D eigenvalue weighted by atomic mass is 16.5. The molecule has 1 atom stereocenters. The van der Waals surface area contributed by atoms with Crippen LogP contribution in [0.5, 0.6) is 11.5 Å². The number of hydrogen-bond donors (Lipinski definition) is 2. The molecule has 178 valence electrons. The highest BCUT2D eigenvalue weighted by Gasteiger charge is 2.43. The van der Waals surface area contributed by atoms with Crippen LogP contribution in [-0.4, -0.2) is 79.9 Å². The van der Waals surface area contributed by atoms with Gasteiger partial charge in [0.05, 0.1) is 23.9 Å². The Hall–Kier alpha value is -3.85. The molecule has 0 fully saturated rings. The molecule has 0 spiro atoms. The zero-order chi connectivity index (χ0) is 24.2. The summed E-state index contributed by atoms with van der Waals surface area (Å²) in [5.41, 5.74) is 1.81. The molecule has 0 saturated carbocycles. The lowest BCUT2D eigenvalue weighted by atomic mass is 9.95. The molecule has 0 aromatic heterocycles. The van der Waals surface area contributed by atoms with Crippen LogP contribution in [0.1, 0.15) is 11.6 Å². The SMILES string of the molecule is CN(C)CCNC(=O)CN1CC2=C(C1=O)[C@@H](c1cccc(Oc3ccccc3)c1)NC(=O)N2C. The molecular weight excluding hydrogens is 434 g/mol. The molecule has 9 nitrogen and oxygen atoms in total. The topological polar surface area (TPSA) is 94.2 Å². The van der Waals surface area contributed by atoms with Crippen LogP contribution >= 0.6 is 0 Å². The van der Waals surface area contributed by atoms with Crippen molar-refractivity contribution in [1.82, 2.24) is 25.3 Å². The van der Waals surface area contributed by atoms with Crippen molar-refractivity contribution in [2.75, 3.05) is 47.3 Å². The zero-order valence-corrected chi connectivity index (χ0v) is 19.6. The van der Waals surface area contributed by atoms with E-state index in [1.807, 2.05) is 73.6 Å². The summed E-state index contributed by atoms with van der Waals surface area (Å²) < 4.78 is 5.93. The van der Waals surface area contributed by atoms with E-state index in [0.717, 1.165) is 5.56 Å². The standard InChI is InChI=1S/C25H29N5O4/c1-28(2)13-12-26-21(31)16-30-15-20-22(24(30)32)23(27-25(33)29(20)3)17-8-7-11-19(14-17)34-18-9-5-4-6-10-18/h4-11,14,23H,12-13,15-16H2,1-3H3,(H,26,31)(H,27,33)/t23-/m1/s1. The monoisotopic (exact) mass is 463 g/mol. The maximum atomic E-state index is 13.3. The number of carbonyl (C=O) groups is 3. The summed E-state index contributed by atoms with van der Waals surface area (Å²) in [6, 6.07) is 15.8. The molecule has 2 heterocycles. The Morgan fingerprint density at radius 2 is 1.85 bits per heavy atom. The van der Waals surface area contributed by atoms with Crippen LogP contribution in [0.25, 0.3) is 0 Å². The molecule has 34 heavy (non-hydrogen) atoms. The molecule has 0 unspecified atom stereocenters. The molecule has 4 amide bonds. The molecule has 4 rings (SSSR count). The van der Waals surface area contributed by atoms with Crippen molar-refractivity contribution in [1.29, 1.82) is 0 Å². The number of amides is 4. The number of rotatable bonds is 8. The Morgan fingerprint density at radius 1 is 1.12 bits per heavy atom. The van der Waals surface area contributed by atoms with Gasteiger partial charge in [-0.15, -0.1) is 0 Å². The van der Waals surface area contributed by atoms with E-state index in [1.54, 1.807) is 7.05 Å². The first-order valence-corrected chi connectivity index (χ1v) is 11.1. The minimum absolute atomic E-state index is 0.0643. The highest BCUT2D eigenvalue weighted by molar-refractivity contribution is 6.02. The van der Waals surface area contributed by atoms with E-state index in [9.17, 15) is 14.4 Å². The van der Waals surface area contributed by atoms with Gasteiger partial charge in [-0.25, -0.2) is 4.79 Å². The number of carbonyl (C=O) groups excluding carboxylic acids is 3. The van der Waals surface area contributed by atoms with Crippen LogP contribution in [0.15, 0.2) is 65.9 Å². The summed E-state index contributed by atoms with van der Waals surface area (Å²) in [5.74, 6) is 0.799. The van der Waals surface area contributed by atoms with E-state index < -0.39 is 6.04 Å². The van der Waals surface area contributed by atoms with Gasteiger partial charge in [0.25, 0.3) is 5.91 Å². The van der Waals surface area contributed by atoms with Gasteiger partial charge in [-0.05, 0) is 43.9 Å². The van der Waals surface area contributed by atoms with Gasteiger partial charge in [0, 0.05) is 20.1 Å². The lowest BCUT2D eigenvalue weighted by Gasteiger charge is -2.31. The summed E-state index contributed by atoms with van der Waals surface area (Å²) >= 11 is 0. The van der Waals surface area contributed by atoms with E-state index in [4.69, 9.17) is 4.74 Å². The van der Waals surface area contributed by atoms with Crippen LogP contribution < -0.4 is 15.4 Å². The third-order valence-corrected chi connectivity index (χ3v) is 5.82. The van der Waals surface area contributed by atoms with Gasteiger partial charge < -0.3 is 25.2 Å². The molecule has 0 bridgehead atoms. The van der Waals surface area contributed by atoms with Crippen LogP contribution in [0.4, 0.5) is 4.79 Å². The van der Waals surface area contributed by atoms with Crippen molar-refractivity contribution in [3.05, 3.63) is 71.4 Å². The number of hydrogen-bond acceptors (Lipinski definition) is 5. The summed E-state index contributed by atoms with van der Waals surface area (Å²) in [4.78, 5) is 43.3. The van der Waals surface area contributed by atoms with Crippen molar-refractivity contribution in [3.8, 4) is 11.5 Å². The lowest BCUT2D eigenvalue weighted by Crippen LogP contribution is -2.45.